The second-order valence-corrected chi connectivity index (χ2v) is 8.37. The van der Waals surface area contributed by atoms with E-state index in [1.807, 2.05) is 0 Å². The van der Waals surface area contributed by atoms with Crippen molar-refractivity contribution in [1.82, 2.24) is 0 Å². The number of hydrogen-bond acceptors (Lipinski definition) is 4. The third-order valence-electron chi connectivity index (χ3n) is 4.32. The molecular weight excluding hydrogens is 468 g/mol. The zero-order chi connectivity index (χ0) is 25.9. The Morgan fingerprint density at radius 1 is 0.912 bits per heavy atom. The van der Waals surface area contributed by atoms with Crippen molar-refractivity contribution >= 4 is 17.6 Å². The summed E-state index contributed by atoms with van der Waals surface area (Å²) in [6.45, 7) is 3.93. The standard InChI is InChI=1S/C23H23F6NO4/c1-14(31)30(13-22(24,25)26)17-7-9-18(10-8-17)33-12-15-5-6-16(23(27,28)29)11-19(15)20(32)34-21(2,3)4/h5-11H,12-13H2,1-4H3. The van der Waals surface area contributed by atoms with E-state index in [2.05, 4.69) is 0 Å². The van der Waals surface area contributed by atoms with Crippen molar-refractivity contribution in [1.29, 1.82) is 0 Å². The van der Waals surface area contributed by atoms with Crippen molar-refractivity contribution in [2.75, 3.05) is 11.4 Å². The van der Waals surface area contributed by atoms with E-state index in [9.17, 15) is 35.9 Å². The molecule has 2 rings (SSSR count). The smallest absolute Gasteiger partial charge is 0.416 e. The molecule has 0 saturated carbocycles. The number of alkyl halides is 6. The van der Waals surface area contributed by atoms with Gasteiger partial charge in [-0.25, -0.2) is 4.79 Å². The maximum Gasteiger partial charge on any atom is 0.416 e. The van der Waals surface area contributed by atoms with E-state index < -0.39 is 41.9 Å². The van der Waals surface area contributed by atoms with E-state index in [1.54, 1.807) is 20.8 Å². The van der Waals surface area contributed by atoms with Gasteiger partial charge in [0.15, 0.2) is 0 Å². The Morgan fingerprint density at radius 2 is 1.50 bits per heavy atom. The lowest BCUT2D eigenvalue weighted by Gasteiger charge is -2.23. The largest absolute Gasteiger partial charge is 0.489 e. The Morgan fingerprint density at radius 3 is 1.97 bits per heavy atom. The minimum absolute atomic E-state index is 0.0128. The Bertz CT molecular complexity index is 1020. The van der Waals surface area contributed by atoms with Crippen molar-refractivity contribution in [3.63, 3.8) is 0 Å². The summed E-state index contributed by atoms with van der Waals surface area (Å²) < 4.78 is 88.3. The third-order valence-corrected chi connectivity index (χ3v) is 4.32. The summed E-state index contributed by atoms with van der Waals surface area (Å²) in [5.74, 6) is -1.61. The molecule has 0 aromatic heterocycles. The molecule has 0 N–H and O–H groups in total. The first kappa shape index (κ1) is 27.0. The topological polar surface area (TPSA) is 55.8 Å². The van der Waals surface area contributed by atoms with Gasteiger partial charge in [-0.05, 0) is 57.2 Å². The average Bonchev–Trinajstić information content (AvgIpc) is 2.68. The van der Waals surface area contributed by atoms with E-state index in [4.69, 9.17) is 9.47 Å². The van der Waals surface area contributed by atoms with Crippen LogP contribution in [0.2, 0.25) is 0 Å². The predicted molar refractivity (Wildman–Crippen MR) is 111 cm³/mol. The molecular formula is C23H23F6NO4. The van der Waals surface area contributed by atoms with Crippen molar-refractivity contribution in [2.24, 2.45) is 0 Å². The normalized spacial score (nSPS) is 12.3. The van der Waals surface area contributed by atoms with Crippen LogP contribution in [-0.2, 0) is 22.3 Å². The van der Waals surface area contributed by atoms with Gasteiger partial charge in [0.25, 0.3) is 0 Å². The fourth-order valence-electron chi connectivity index (χ4n) is 2.85. The lowest BCUT2D eigenvalue weighted by Crippen LogP contribution is -2.37. The zero-order valence-corrected chi connectivity index (χ0v) is 18.8. The van der Waals surface area contributed by atoms with Gasteiger partial charge in [0.1, 0.15) is 24.5 Å². The maximum absolute atomic E-state index is 13.1. The van der Waals surface area contributed by atoms with Crippen molar-refractivity contribution < 1.29 is 45.4 Å². The van der Waals surface area contributed by atoms with Crippen LogP contribution in [0.3, 0.4) is 0 Å². The molecule has 0 bridgehead atoms. The summed E-state index contributed by atoms with van der Waals surface area (Å²) in [4.78, 5) is 24.6. The van der Waals surface area contributed by atoms with Crippen LogP contribution in [0.1, 0.15) is 49.2 Å². The highest BCUT2D eigenvalue weighted by atomic mass is 19.4. The van der Waals surface area contributed by atoms with Crippen molar-refractivity contribution in [3.8, 4) is 5.75 Å². The quantitative estimate of drug-likeness (QED) is 0.359. The monoisotopic (exact) mass is 491 g/mol. The molecule has 0 unspecified atom stereocenters. The van der Waals surface area contributed by atoms with Gasteiger partial charge in [0, 0.05) is 18.2 Å². The van der Waals surface area contributed by atoms with Crippen LogP contribution >= 0.6 is 0 Å². The van der Waals surface area contributed by atoms with Crippen LogP contribution in [-0.4, -0.2) is 30.2 Å². The Kier molecular flexibility index (Phi) is 7.90. The number of nitrogens with zero attached hydrogens (tertiary/aromatic N) is 1. The SMILES string of the molecule is CC(=O)N(CC(F)(F)F)c1ccc(OCc2ccc(C(F)(F)F)cc2C(=O)OC(C)(C)C)cc1. The first-order valence-corrected chi connectivity index (χ1v) is 9.97. The molecule has 2 aromatic rings. The van der Waals surface area contributed by atoms with Crippen LogP contribution in [0.4, 0.5) is 32.0 Å². The Hall–Kier alpha value is -3.24. The Labute approximate surface area is 192 Å². The van der Waals surface area contributed by atoms with Crippen LogP contribution in [0.15, 0.2) is 42.5 Å². The molecule has 0 atom stereocenters. The van der Waals surface area contributed by atoms with Crippen LogP contribution in [0, 0.1) is 0 Å². The predicted octanol–water partition coefficient (Wildman–Crippen LogP) is 6.15. The molecule has 0 aliphatic carbocycles. The van der Waals surface area contributed by atoms with E-state index in [0.717, 1.165) is 19.1 Å². The van der Waals surface area contributed by atoms with Gasteiger partial charge in [0.2, 0.25) is 5.91 Å². The third kappa shape index (κ3) is 7.96. The molecule has 0 radical (unpaired) electrons. The van der Waals surface area contributed by atoms with E-state index in [0.29, 0.717) is 11.0 Å². The number of esters is 1. The number of carbonyl (C=O) groups excluding carboxylic acids is 2. The number of anilines is 1. The van der Waals surface area contributed by atoms with Gasteiger partial charge >= 0.3 is 18.3 Å². The number of rotatable bonds is 6. The highest BCUT2D eigenvalue weighted by molar-refractivity contribution is 5.92. The number of carbonyl (C=O) groups is 2. The number of halogens is 6. The second kappa shape index (κ2) is 9.94. The van der Waals surface area contributed by atoms with Crippen LogP contribution in [0.25, 0.3) is 0 Å². The molecule has 186 valence electrons. The summed E-state index contributed by atoms with van der Waals surface area (Å²) in [5.41, 5.74) is -2.20. The molecule has 0 aliphatic rings. The number of benzene rings is 2. The van der Waals surface area contributed by atoms with Gasteiger partial charge in [-0.1, -0.05) is 6.07 Å². The van der Waals surface area contributed by atoms with Gasteiger partial charge in [0.05, 0.1) is 11.1 Å². The minimum Gasteiger partial charge on any atom is -0.489 e. The zero-order valence-electron chi connectivity index (χ0n) is 18.8. The van der Waals surface area contributed by atoms with Crippen LogP contribution in [0.5, 0.6) is 5.75 Å². The highest BCUT2D eigenvalue weighted by Crippen LogP contribution is 2.32. The lowest BCUT2D eigenvalue weighted by atomic mass is 10.0. The fraction of sp³-hybridized carbons (Fsp3) is 0.391. The molecule has 0 aliphatic heterocycles. The molecule has 5 nitrogen and oxygen atoms in total. The molecule has 0 saturated heterocycles. The van der Waals surface area contributed by atoms with Gasteiger partial charge in [-0.2, -0.15) is 26.3 Å². The first-order valence-electron chi connectivity index (χ1n) is 9.97. The lowest BCUT2D eigenvalue weighted by molar-refractivity contribution is -0.137. The van der Waals surface area contributed by atoms with E-state index >= 15 is 0 Å². The maximum atomic E-state index is 13.1. The number of ether oxygens (including phenoxy) is 2. The van der Waals surface area contributed by atoms with E-state index in [1.165, 1.54) is 24.3 Å². The average molecular weight is 491 g/mol. The molecule has 1 amide bonds. The summed E-state index contributed by atoms with van der Waals surface area (Å²) in [7, 11) is 0. The van der Waals surface area contributed by atoms with E-state index in [-0.39, 0.29) is 29.2 Å². The second-order valence-electron chi connectivity index (χ2n) is 8.37. The summed E-state index contributed by atoms with van der Waals surface area (Å²) in [6.07, 6.45) is -9.27. The van der Waals surface area contributed by atoms with Gasteiger partial charge in [-0.15, -0.1) is 0 Å². The molecule has 2 aromatic carbocycles. The number of amides is 1. The highest BCUT2D eigenvalue weighted by Gasteiger charge is 2.33. The van der Waals surface area contributed by atoms with Crippen molar-refractivity contribution in [3.05, 3.63) is 59.2 Å². The molecule has 0 fully saturated rings. The molecule has 0 heterocycles. The van der Waals surface area contributed by atoms with Crippen LogP contribution < -0.4 is 9.64 Å². The summed E-state index contributed by atoms with van der Waals surface area (Å²) in [6, 6.07) is 7.66. The summed E-state index contributed by atoms with van der Waals surface area (Å²) in [5, 5.41) is 0. The first-order chi connectivity index (χ1) is 15.5. The Balaban J connectivity index is 2.25. The summed E-state index contributed by atoms with van der Waals surface area (Å²) >= 11 is 0. The molecule has 0 spiro atoms. The molecule has 34 heavy (non-hydrogen) atoms. The fourth-order valence-corrected chi connectivity index (χ4v) is 2.85. The van der Waals surface area contributed by atoms with Gasteiger partial charge in [-0.3, -0.25) is 4.79 Å². The number of hydrogen-bond donors (Lipinski definition) is 0. The minimum atomic E-state index is -4.68. The van der Waals surface area contributed by atoms with Crippen molar-refractivity contribution in [2.45, 2.75) is 52.3 Å². The van der Waals surface area contributed by atoms with Gasteiger partial charge < -0.3 is 14.4 Å². The molecule has 11 heteroatoms.